The fourth-order valence-electron chi connectivity index (χ4n) is 1.45. The Kier molecular flexibility index (Phi) is 4.73. The van der Waals surface area contributed by atoms with E-state index in [1.807, 2.05) is 52.0 Å². The SMILES string of the molecule is CC(OCC(=O)O)c1ccc(OC(C)(C)C)cc1. The van der Waals surface area contributed by atoms with E-state index in [9.17, 15) is 4.79 Å². The summed E-state index contributed by atoms with van der Waals surface area (Å²) in [4.78, 5) is 10.4. The van der Waals surface area contributed by atoms with Crippen LogP contribution in [0.2, 0.25) is 0 Å². The molecule has 0 fully saturated rings. The first-order chi connectivity index (χ1) is 8.28. The lowest BCUT2D eigenvalue weighted by molar-refractivity contribution is -0.144. The first kappa shape index (κ1) is 14.5. The van der Waals surface area contributed by atoms with Crippen LogP contribution in [0.5, 0.6) is 5.75 Å². The molecule has 0 aromatic heterocycles. The van der Waals surface area contributed by atoms with E-state index in [0.717, 1.165) is 11.3 Å². The van der Waals surface area contributed by atoms with Gasteiger partial charge in [-0.3, -0.25) is 0 Å². The predicted octanol–water partition coefficient (Wildman–Crippen LogP) is 3.03. The van der Waals surface area contributed by atoms with Gasteiger partial charge in [0.15, 0.2) is 0 Å². The quantitative estimate of drug-likeness (QED) is 0.875. The highest BCUT2D eigenvalue weighted by molar-refractivity contribution is 5.68. The summed E-state index contributed by atoms with van der Waals surface area (Å²) in [5.74, 6) is -0.175. The predicted molar refractivity (Wildman–Crippen MR) is 68.8 cm³/mol. The molecule has 4 nitrogen and oxygen atoms in total. The van der Waals surface area contributed by atoms with E-state index < -0.39 is 5.97 Å². The van der Waals surface area contributed by atoms with Crippen molar-refractivity contribution < 1.29 is 19.4 Å². The topological polar surface area (TPSA) is 55.8 Å². The van der Waals surface area contributed by atoms with Gasteiger partial charge in [-0.1, -0.05) is 12.1 Å². The Hall–Kier alpha value is -1.55. The zero-order valence-corrected chi connectivity index (χ0v) is 11.3. The molecule has 0 aliphatic carbocycles. The zero-order valence-electron chi connectivity index (χ0n) is 11.3. The normalized spacial score (nSPS) is 13.1. The number of ether oxygens (including phenoxy) is 2. The van der Waals surface area contributed by atoms with E-state index in [4.69, 9.17) is 14.6 Å². The molecule has 1 unspecified atom stereocenters. The van der Waals surface area contributed by atoms with Crippen molar-refractivity contribution in [2.45, 2.75) is 39.4 Å². The third-order valence-electron chi connectivity index (χ3n) is 2.23. The Morgan fingerprint density at radius 2 is 1.83 bits per heavy atom. The van der Waals surface area contributed by atoms with Gasteiger partial charge in [0, 0.05) is 0 Å². The molecule has 1 aromatic carbocycles. The highest BCUT2D eigenvalue weighted by Crippen LogP contribution is 2.22. The molecule has 0 bridgehead atoms. The zero-order chi connectivity index (χ0) is 13.8. The molecule has 0 saturated heterocycles. The number of carbonyl (C=O) groups is 1. The minimum absolute atomic E-state index is 0.229. The Labute approximate surface area is 108 Å². The number of benzene rings is 1. The van der Waals surface area contributed by atoms with Crippen molar-refractivity contribution in [3.8, 4) is 5.75 Å². The van der Waals surface area contributed by atoms with Gasteiger partial charge in [0.25, 0.3) is 0 Å². The summed E-state index contributed by atoms with van der Waals surface area (Å²) in [5, 5.41) is 8.54. The summed E-state index contributed by atoms with van der Waals surface area (Å²) in [6.07, 6.45) is -0.246. The molecule has 1 aromatic rings. The van der Waals surface area contributed by atoms with Crippen molar-refractivity contribution in [3.05, 3.63) is 29.8 Å². The molecular weight excluding hydrogens is 232 g/mol. The molecule has 1 atom stereocenters. The molecule has 4 heteroatoms. The van der Waals surface area contributed by atoms with Crippen LogP contribution in [0.4, 0.5) is 0 Å². The Morgan fingerprint density at radius 3 is 2.28 bits per heavy atom. The number of aliphatic carboxylic acids is 1. The molecule has 0 spiro atoms. The lowest BCUT2D eigenvalue weighted by Crippen LogP contribution is -2.22. The lowest BCUT2D eigenvalue weighted by Gasteiger charge is -2.21. The van der Waals surface area contributed by atoms with Gasteiger partial charge in [-0.15, -0.1) is 0 Å². The fraction of sp³-hybridized carbons (Fsp3) is 0.500. The fourth-order valence-corrected chi connectivity index (χ4v) is 1.45. The van der Waals surface area contributed by atoms with E-state index in [1.54, 1.807) is 0 Å². The van der Waals surface area contributed by atoms with Crippen LogP contribution < -0.4 is 4.74 Å². The third kappa shape index (κ3) is 5.19. The van der Waals surface area contributed by atoms with Crippen molar-refractivity contribution in [3.63, 3.8) is 0 Å². The third-order valence-corrected chi connectivity index (χ3v) is 2.23. The monoisotopic (exact) mass is 252 g/mol. The number of rotatable bonds is 5. The summed E-state index contributed by atoms with van der Waals surface area (Å²) in [7, 11) is 0. The molecule has 100 valence electrons. The van der Waals surface area contributed by atoms with E-state index in [1.165, 1.54) is 0 Å². The standard InChI is InChI=1S/C14H20O4/c1-10(17-9-13(15)16)11-5-7-12(8-6-11)18-14(2,3)4/h5-8,10H,9H2,1-4H3,(H,15,16). The Bertz CT molecular complexity index is 389. The maximum Gasteiger partial charge on any atom is 0.329 e. The van der Waals surface area contributed by atoms with Gasteiger partial charge in [0.05, 0.1) is 6.10 Å². The molecule has 0 saturated carbocycles. The van der Waals surface area contributed by atoms with Crippen molar-refractivity contribution in [2.75, 3.05) is 6.61 Å². The second kappa shape index (κ2) is 5.87. The summed E-state index contributed by atoms with van der Waals surface area (Å²) in [6.45, 7) is 7.49. The largest absolute Gasteiger partial charge is 0.488 e. The highest BCUT2D eigenvalue weighted by Gasteiger charge is 2.12. The molecule has 0 aliphatic heterocycles. The van der Waals surface area contributed by atoms with Crippen LogP contribution in [0.25, 0.3) is 0 Å². The Morgan fingerprint density at radius 1 is 1.28 bits per heavy atom. The summed E-state index contributed by atoms with van der Waals surface area (Å²) in [6, 6.07) is 7.49. The summed E-state index contributed by atoms with van der Waals surface area (Å²) >= 11 is 0. The molecule has 0 aliphatic rings. The van der Waals surface area contributed by atoms with E-state index in [2.05, 4.69) is 0 Å². The van der Waals surface area contributed by atoms with Crippen LogP contribution in [0.1, 0.15) is 39.4 Å². The van der Waals surface area contributed by atoms with Crippen LogP contribution in [0.15, 0.2) is 24.3 Å². The van der Waals surface area contributed by atoms with Gasteiger partial charge in [-0.2, -0.15) is 0 Å². The molecule has 0 radical (unpaired) electrons. The second-order valence-corrected chi connectivity index (χ2v) is 5.13. The van der Waals surface area contributed by atoms with Gasteiger partial charge in [-0.05, 0) is 45.4 Å². The maximum atomic E-state index is 10.4. The number of hydrogen-bond donors (Lipinski definition) is 1. The lowest BCUT2D eigenvalue weighted by atomic mass is 10.1. The second-order valence-electron chi connectivity index (χ2n) is 5.13. The molecular formula is C14H20O4. The van der Waals surface area contributed by atoms with Gasteiger partial charge in [0.1, 0.15) is 18.0 Å². The van der Waals surface area contributed by atoms with Crippen LogP contribution in [-0.4, -0.2) is 23.3 Å². The first-order valence-corrected chi connectivity index (χ1v) is 5.90. The van der Waals surface area contributed by atoms with Crippen molar-refractivity contribution in [1.29, 1.82) is 0 Å². The van der Waals surface area contributed by atoms with Gasteiger partial charge in [0.2, 0.25) is 0 Å². The number of carboxylic acids is 1. The average molecular weight is 252 g/mol. The molecule has 1 rings (SSSR count). The van der Waals surface area contributed by atoms with Crippen molar-refractivity contribution in [1.82, 2.24) is 0 Å². The van der Waals surface area contributed by atoms with E-state index in [-0.39, 0.29) is 18.3 Å². The first-order valence-electron chi connectivity index (χ1n) is 5.90. The van der Waals surface area contributed by atoms with Gasteiger partial charge >= 0.3 is 5.97 Å². The minimum Gasteiger partial charge on any atom is -0.488 e. The minimum atomic E-state index is -0.963. The molecule has 0 amide bonds. The average Bonchev–Trinajstić information content (AvgIpc) is 2.24. The number of hydrogen-bond acceptors (Lipinski definition) is 3. The van der Waals surface area contributed by atoms with E-state index >= 15 is 0 Å². The summed E-state index contributed by atoms with van der Waals surface area (Å²) in [5.41, 5.74) is 0.699. The van der Waals surface area contributed by atoms with Gasteiger partial charge in [-0.25, -0.2) is 4.79 Å². The van der Waals surface area contributed by atoms with E-state index in [0.29, 0.717) is 0 Å². The molecule has 1 N–H and O–H groups in total. The van der Waals surface area contributed by atoms with Crippen LogP contribution in [0, 0.1) is 0 Å². The van der Waals surface area contributed by atoms with Crippen LogP contribution in [-0.2, 0) is 9.53 Å². The van der Waals surface area contributed by atoms with Crippen LogP contribution >= 0.6 is 0 Å². The highest BCUT2D eigenvalue weighted by atomic mass is 16.5. The number of carboxylic acid groups (broad SMARTS) is 1. The molecule has 18 heavy (non-hydrogen) atoms. The maximum absolute atomic E-state index is 10.4. The van der Waals surface area contributed by atoms with Crippen molar-refractivity contribution in [2.24, 2.45) is 0 Å². The van der Waals surface area contributed by atoms with Gasteiger partial charge < -0.3 is 14.6 Å². The smallest absolute Gasteiger partial charge is 0.329 e. The van der Waals surface area contributed by atoms with Crippen LogP contribution in [0.3, 0.4) is 0 Å². The summed E-state index contributed by atoms with van der Waals surface area (Å²) < 4.78 is 10.9. The molecule has 0 heterocycles. The Balaban J connectivity index is 2.62. The van der Waals surface area contributed by atoms with Crippen molar-refractivity contribution >= 4 is 5.97 Å².